The molecule has 0 radical (unpaired) electrons. The second-order valence-electron chi connectivity index (χ2n) is 11.0. The van der Waals surface area contributed by atoms with Gasteiger partial charge in [-0.15, -0.1) is 0 Å². The minimum Gasteiger partial charge on any atom is -0.466 e. The Morgan fingerprint density at radius 1 is 1.00 bits per heavy atom. The van der Waals surface area contributed by atoms with Crippen molar-refractivity contribution in [2.45, 2.75) is 39.2 Å². The first-order chi connectivity index (χ1) is 22.7. The Kier molecular flexibility index (Phi) is 14.6. The Labute approximate surface area is 275 Å². The second kappa shape index (κ2) is 18.6. The number of ether oxygens (including phenoxy) is 2. The molecule has 0 spiro atoms. The van der Waals surface area contributed by atoms with Gasteiger partial charge in [0, 0.05) is 39.3 Å². The van der Waals surface area contributed by atoms with Gasteiger partial charge in [-0.25, -0.2) is 28.1 Å². The number of halogens is 2. The quantitative estimate of drug-likeness (QED) is 0.414. The lowest BCUT2D eigenvalue weighted by Crippen LogP contribution is -2.54. The van der Waals surface area contributed by atoms with Crippen LogP contribution in [0, 0.1) is 28.9 Å². The van der Waals surface area contributed by atoms with Crippen molar-refractivity contribution < 1.29 is 32.6 Å². The maximum absolute atomic E-state index is 13.1. The average molecular weight is 655 g/mol. The third-order valence-corrected chi connectivity index (χ3v) is 8.07. The van der Waals surface area contributed by atoms with Gasteiger partial charge in [0.1, 0.15) is 6.07 Å². The smallest absolute Gasteiger partial charge is 0.337 e. The molecule has 3 heterocycles. The first kappa shape index (κ1) is 36.9. The summed E-state index contributed by atoms with van der Waals surface area (Å²) >= 11 is 0. The number of esters is 1. The average Bonchev–Trinajstić information content (AvgIpc) is 3.59. The summed E-state index contributed by atoms with van der Waals surface area (Å²) in [6.45, 7) is 7.56. The van der Waals surface area contributed by atoms with E-state index >= 15 is 0 Å². The number of carbonyl (C=O) groups excluding carboxylic acids is 3. The maximum atomic E-state index is 13.1. The van der Waals surface area contributed by atoms with Crippen molar-refractivity contribution in [2.75, 3.05) is 65.0 Å². The maximum Gasteiger partial charge on any atom is 0.337 e. The highest BCUT2D eigenvalue weighted by Gasteiger charge is 2.37. The second-order valence-corrected chi connectivity index (χ2v) is 11.0. The number of hydrogen-bond donors (Lipinski definition) is 2. The number of nitriles is 1. The highest BCUT2D eigenvalue weighted by Crippen LogP contribution is 2.25. The molecule has 2 N–H and O–H groups in total. The van der Waals surface area contributed by atoms with Gasteiger partial charge < -0.3 is 29.9 Å². The highest BCUT2D eigenvalue weighted by molar-refractivity contribution is 6.00. The highest BCUT2D eigenvalue weighted by atomic mass is 19.2. The number of urea groups is 2. The van der Waals surface area contributed by atoms with Gasteiger partial charge in [0.2, 0.25) is 0 Å². The van der Waals surface area contributed by atoms with Gasteiger partial charge in [0.25, 0.3) is 0 Å². The number of rotatable bonds is 7. The lowest BCUT2D eigenvalue weighted by atomic mass is 10.0. The van der Waals surface area contributed by atoms with E-state index in [-0.39, 0.29) is 24.6 Å². The van der Waals surface area contributed by atoms with Crippen LogP contribution < -0.4 is 15.5 Å². The summed E-state index contributed by atoms with van der Waals surface area (Å²) < 4.78 is 33.8. The first-order valence-corrected chi connectivity index (χ1v) is 15.8. The fourth-order valence-electron chi connectivity index (χ4n) is 5.62. The molecule has 0 aliphatic carbocycles. The number of carbonyl (C=O) groups is 3. The molecular formula is C34H44F2N6O5. The molecule has 3 aliphatic heterocycles. The molecule has 11 nitrogen and oxygen atoms in total. The topological polar surface area (TPSA) is 127 Å². The molecule has 1 atom stereocenters. The van der Waals surface area contributed by atoms with Gasteiger partial charge in [-0.2, -0.15) is 5.26 Å². The third kappa shape index (κ3) is 9.97. The first-order valence-electron chi connectivity index (χ1n) is 15.8. The largest absolute Gasteiger partial charge is 0.466 e. The normalized spacial score (nSPS) is 17.9. The van der Waals surface area contributed by atoms with E-state index in [9.17, 15) is 28.4 Å². The molecule has 3 aliphatic rings. The fourth-order valence-corrected chi connectivity index (χ4v) is 5.62. The molecule has 5 rings (SSSR count). The van der Waals surface area contributed by atoms with Crippen LogP contribution in [-0.2, 0) is 14.3 Å². The minimum atomic E-state index is -0.799. The Morgan fingerprint density at radius 3 is 2.23 bits per heavy atom. The van der Waals surface area contributed by atoms with Crippen molar-refractivity contribution in [2.24, 2.45) is 5.92 Å². The van der Waals surface area contributed by atoms with Gasteiger partial charge in [-0.05, 0) is 56.0 Å². The van der Waals surface area contributed by atoms with Crippen molar-refractivity contribution in [1.29, 1.82) is 5.26 Å². The van der Waals surface area contributed by atoms with Crippen molar-refractivity contribution in [3.8, 4) is 6.07 Å². The van der Waals surface area contributed by atoms with Crippen LogP contribution in [-0.4, -0.2) is 94.0 Å². The number of likely N-dealkylation sites (tertiary alicyclic amines) is 1. The van der Waals surface area contributed by atoms with Crippen molar-refractivity contribution in [3.63, 3.8) is 0 Å². The summed E-state index contributed by atoms with van der Waals surface area (Å²) in [7, 11) is 2.72. The molecule has 1 unspecified atom stereocenters. The van der Waals surface area contributed by atoms with Gasteiger partial charge in [-0.1, -0.05) is 38.1 Å². The van der Waals surface area contributed by atoms with Crippen LogP contribution in [0.2, 0.25) is 0 Å². The Bertz CT molecular complexity index is 1420. The molecule has 2 saturated heterocycles. The van der Waals surface area contributed by atoms with E-state index in [1.807, 2.05) is 38.1 Å². The number of benzene rings is 2. The van der Waals surface area contributed by atoms with Crippen LogP contribution in [0.1, 0.15) is 38.7 Å². The van der Waals surface area contributed by atoms with Crippen molar-refractivity contribution in [3.05, 3.63) is 77.0 Å². The van der Waals surface area contributed by atoms with Crippen LogP contribution in [0.25, 0.3) is 0 Å². The van der Waals surface area contributed by atoms with Crippen LogP contribution in [0.15, 0.2) is 59.8 Å². The molecule has 254 valence electrons. The zero-order chi connectivity index (χ0) is 34.3. The SMILES string of the molecule is CC.COCC1=C(C(=O)OC)CN(C(=O)N2CCC(CNC3CCN(c4ccccc4C#N)CC3)C2)C(=O)N1.Fc1ccccc1F. The summed E-state index contributed by atoms with van der Waals surface area (Å²) in [6, 6.07) is 14.4. The molecule has 4 amide bonds. The Balaban J connectivity index is 0.000000518. The minimum absolute atomic E-state index is 0.0411. The Hall–Kier alpha value is -4.54. The zero-order valence-corrected chi connectivity index (χ0v) is 27.4. The standard InChI is InChI=1S/C26H34N6O5.C6H4F2.C2H6/c1-36-17-22-21(24(33)37-2)16-32(25(34)29-22)26(35)31-10-7-18(15-31)14-28-20-8-11-30(12-9-20)23-6-4-3-5-19(23)13-27;7-5-3-1-2-4-6(5)8;1-2/h3-6,18,20,28H,7-12,14-17H2,1-2H3,(H,29,34);1-4H;1-2H3. The summed E-state index contributed by atoms with van der Waals surface area (Å²) in [4.78, 5) is 42.9. The molecule has 2 aromatic rings. The van der Waals surface area contributed by atoms with Crippen LogP contribution in [0.3, 0.4) is 0 Å². The molecule has 2 aromatic carbocycles. The van der Waals surface area contributed by atoms with Gasteiger partial charge >= 0.3 is 18.0 Å². The van der Waals surface area contributed by atoms with E-state index < -0.39 is 29.7 Å². The molecule has 0 aromatic heterocycles. The van der Waals surface area contributed by atoms with Crippen molar-refractivity contribution in [1.82, 2.24) is 20.4 Å². The zero-order valence-electron chi connectivity index (χ0n) is 27.4. The van der Waals surface area contributed by atoms with Crippen LogP contribution >= 0.6 is 0 Å². The number of methoxy groups -OCH3 is 2. The van der Waals surface area contributed by atoms with E-state index in [0.29, 0.717) is 30.4 Å². The number of nitrogens with one attached hydrogen (secondary N) is 2. The monoisotopic (exact) mass is 654 g/mol. The molecule has 47 heavy (non-hydrogen) atoms. The molecule has 2 fully saturated rings. The summed E-state index contributed by atoms with van der Waals surface area (Å²) in [5.74, 6) is -1.91. The van der Waals surface area contributed by atoms with Gasteiger partial charge in [-0.3, -0.25) is 0 Å². The number of imide groups is 1. The predicted octanol–water partition coefficient (Wildman–Crippen LogP) is 4.65. The number of hydrogen-bond acceptors (Lipinski definition) is 8. The number of amides is 4. The Morgan fingerprint density at radius 2 is 1.64 bits per heavy atom. The van der Waals surface area contributed by atoms with Gasteiger partial charge in [0.05, 0.1) is 42.8 Å². The lowest BCUT2D eigenvalue weighted by Gasteiger charge is -2.35. The summed E-state index contributed by atoms with van der Waals surface area (Å²) in [6.07, 6.45) is 2.81. The summed E-state index contributed by atoms with van der Waals surface area (Å²) in [5, 5.41) is 15.6. The molecule has 0 bridgehead atoms. The predicted molar refractivity (Wildman–Crippen MR) is 173 cm³/mol. The van der Waals surface area contributed by atoms with Crippen molar-refractivity contribution >= 4 is 23.7 Å². The number of nitrogens with zero attached hydrogens (tertiary/aromatic N) is 4. The van der Waals surface area contributed by atoms with Gasteiger partial charge in [0.15, 0.2) is 11.6 Å². The van der Waals surface area contributed by atoms with E-state index in [1.54, 1.807) is 4.90 Å². The number of para-hydroxylation sites is 1. The molecule has 13 heteroatoms. The van der Waals surface area contributed by atoms with Crippen LogP contribution in [0.4, 0.5) is 24.1 Å². The number of piperidine rings is 1. The summed E-state index contributed by atoms with van der Waals surface area (Å²) in [5.41, 5.74) is 2.22. The van der Waals surface area contributed by atoms with E-state index in [4.69, 9.17) is 9.47 Å². The van der Waals surface area contributed by atoms with E-state index in [1.165, 1.54) is 26.4 Å². The lowest BCUT2D eigenvalue weighted by molar-refractivity contribution is -0.136. The fraction of sp³-hybridized carbons (Fsp3) is 0.471. The van der Waals surface area contributed by atoms with Crippen LogP contribution in [0.5, 0.6) is 0 Å². The van der Waals surface area contributed by atoms with E-state index in [0.717, 1.165) is 61.6 Å². The molecular weight excluding hydrogens is 610 g/mol. The molecule has 0 saturated carbocycles. The number of anilines is 1. The third-order valence-electron chi connectivity index (χ3n) is 8.07. The van der Waals surface area contributed by atoms with E-state index in [2.05, 4.69) is 21.6 Å².